The van der Waals surface area contributed by atoms with E-state index < -0.39 is 5.41 Å². The smallest absolute Gasteiger partial charge is 0.241 e. The lowest BCUT2D eigenvalue weighted by Crippen LogP contribution is -2.35. The van der Waals surface area contributed by atoms with Gasteiger partial charge in [-0.25, -0.2) is 0 Å². The molecule has 0 aliphatic heterocycles. The zero-order valence-corrected chi connectivity index (χ0v) is 10.5. The van der Waals surface area contributed by atoms with Crippen molar-refractivity contribution in [1.29, 1.82) is 0 Å². The van der Waals surface area contributed by atoms with Gasteiger partial charge >= 0.3 is 0 Å². The summed E-state index contributed by atoms with van der Waals surface area (Å²) in [6.07, 6.45) is 5.99. The van der Waals surface area contributed by atoms with Crippen molar-refractivity contribution in [3.8, 4) is 0 Å². The van der Waals surface area contributed by atoms with Crippen LogP contribution >= 0.6 is 0 Å². The molecule has 1 aromatic heterocycles. The van der Waals surface area contributed by atoms with Crippen molar-refractivity contribution in [2.45, 2.75) is 18.8 Å². The zero-order chi connectivity index (χ0) is 13.0. The molecule has 1 heterocycles. The van der Waals surface area contributed by atoms with Gasteiger partial charge in [0, 0.05) is 12.4 Å². The van der Waals surface area contributed by atoms with Crippen LogP contribution in [0.15, 0.2) is 67.5 Å². The van der Waals surface area contributed by atoms with Gasteiger partial charge in [0.1, 0.15) is 0 Å². The van der Waals surface area contributed by atoms with Crippen molar-refractivity contribution >= 4 is 5.91 Å². The molecule has 0 radical (unpaired) electrons. The Morgan fingerprint density at radius 1 is 1.22 bits per heavy atom. The van der Waals surface area contributed by atoms with Gasteiger partial charge in [-0.1, -0.05) is 36.4 Å². The van der Waals surface area contributed by atoms with Crippen LogP contribution in [0.4, 0.5) is 0 Å². The van der Waals surface area contributed by atoms with Crippen LogP contribution in [0.2, 0.25) is 0 Å². The lowest BCUT2D eigenvalue weighted by molar-refractivity contribution is 0.0809. The van der Waals surface area contributed by atoms with Gasteiger partial charge in [0.15, 0.2) is 0 Å². The lowest BCUT2D eigenvalue weighted by Gasteiger charge is -2.27. The molecule has 0 aliphatic carbocycles. The Morgan fingerprint density at radius 2 is 1.83 bits per heavy atom. The molecule has 0 amide bonds. The first-order valence-electron chi connectivity index (χ1n) is 6.02. The molecular weight excluding hydrogens is 222 g/mol. The molecule has 0 fully saturated rings. The molecule has 2 aromatic rings. The van der Waals surface area contributed by atoms with Gasteiger partial charge in [-0.3, -0.25) is 9.36 Å². The molecule has 18 heavy (non-hydrogen) atoms. The summed E-state index contributed by atoms with van der Waals surface area (Å²) in [5.41, 5.74) is 0.450. The first-order chi connectivity index (χ1) is 8.68. The predicted molar refractivity (Wildman–Crippen MR) is 73.7 cm³/mol. The Labute approximate surface area is 108 Å². The number of hydrogen-bond donors (Lipinski definition) is 0. The second kappa shape index (κ2) is 5.05. The lowest BCUT2D eigenvalue weighted by atomic mass is 9.78. The van der Waals surface area contributed by atoms with E-state index in [4.69, 9.17) is 0 Å². The molecule has 1 atom stereocenters. The highest BCUT2D eigenvalue weighted by atomic mass is 16.2. The van der Waals surface area contributed by atoms with Gasteiger partial charge in [-0.05, 0) is 31.0 Å². The minimum atomic E-state index is -0.567. The standard InChI is InChI=1S/C16H17NO/c1-3-11-16(2,14-9-5-4-6-10-14)15(18)17-12-7-8-13-17/h3-10,12-13H,1,11H2,2H3. The summed E-state index contributed by atoms with van der Waals surface area (Å²) < 4.78 is 1.64. The second-order valence-corrected chi connectivity index (χ2v) is 4.59. The van der Waals surface area contributed by atoms with E-state index in [-0.39, 0.29) is 5.91 Å². The molecule has 0 bridgehead atoms. The number of aromatic nitrogens is 1. The zero-order valence-electron chi connectivity index (χ0n) is 10.5. The number of benzene rings is 1. The predicted octanol–water partition coefficient (Wildman–Crippen LogP) is 3.66. The molecule has 0 saturated heterocycles. The van der Waals surface area contributed by atoms with Crippen LogP contribution in [-0.4, -0.2) is 10.5 Å². The van der Waals surface area contributed by atoms with Crippen molar-refractivity contribution in [1.82, 2.24) is 4.57 Å². The fourth-order valence-electron chi connectivity index (χ4n) is 2.18. The normalized spacial score (nSPS) is 13.8. The van der Waals surface area contributed by atoms with Crippen molar-refractivity contribution < 1.29 is 4.79 Å². The van der Waals surface area contributed by atoms with Crippen molar-refractivity contribution in [3.05, 3.63) is 73.1 Å². The van der Waals surface area contributed by atoms with E-state index in [0.29, 0.717) is 6.42 Å². The van der Waals surface area contributed by atoms with E-state index >= 15 is 0 Å². The molecule has 0 saturated carbocycles. The number of hydrogen-bond acceptors (Lipinski definition) is 1. The summed E-state index contributed by atoms with van der Waals surface area (Å²) >= 11 is 0. The van der Waals surface area contributed by atoms with E-state index in [1.54, 1.807) is 23.0 Å². The van der Waals surface area contributed by atoms with E-state index in [1.807, 2.05) is 49.4 Å². The molecule has 1 aromatic carbocycles. The number of nitrogens with zero attached hydrogens (tertiary/aromatic N) is 1. The van der Waals surface area contributed by atoms with Gasteiger partial charge in [-0.15, -0.1) is 6.58 Å². The summed E-state index contributed by atoms with van der Waals surface area (Å²) in [7, 11) is 0. The van der Waals surface area contributed by atoms with E-state index in [0.717, 1.165) is 5.56 Å². The van der Waals surface area contributed by atoms with E-state index in [9.17, 15) is 4.79 Å². The van der Waals surface area contributed by atoms with Gasteiger partial charge in [-0.2, -0.15) is 0 Å². The molecule has 2 heteroatoms. The van der Waals surface area contributed by atoms with Gasteiger partial charge in [0.2, 0.25) is 5.91 Å². The number of allylic oxidation sites excluding steroid dienone is 1. The van der Waals surface area contributed by atoms with Gasteiger partial charge < -0.3 is 0 Å². The third-order valence-electron chi connectivity index (χ3n) is 3.27. The summed E-state index contributed by atoms with van der Waals surface area (Å²) in [4.78, 5) is 12.6. The maximum Gasteiger partial charge on any atom is 0.241 e. The van der Waals surface area contributed by atoms with Gasteiger partial charge in [0.05, 0.1) is 5.41 Å². The average molecular weight is 239 g/mol. The minimum Gasteiger partial charge on any atom is -0.294 e. The number of carbonyl (C=O) groups is 1. The quantitative estimate of drug-likeness (QED) is 0.746. The van der Waals surface area contributed by atoms with Crippen LogP contribution < -0.4 is 0 Å². The highest BCUT2D eigenvalue weighted by Gasteiger charge is 2.34. The topological polar surface area (TPSA) is 22.0 Å². The highest BCUT2D eigenvalue weighted by Crippen LogP contribution is 2.30. The molecule has 92 valence electrons. The number of carbonyl (C=O) groups excluding carboxylic acids is 1. The third-order valence-corrected chi connectivity index (χ3v) is 3.27. The summed E-state index contributed by atoms with van der Waals surface area (Å²) in [6.45, 7) is 5.74. The molecule has 0 N–H and O–H groups in total. The molecule has 1 unspecified atom stereocenters. The van der Waals surface area contributed by atoms with Crippen molar-refractivity contribution in [2.75, 3.05) is 0 Å². The monoisotopic (exact) mass is 239 g/mol. The van der Waals surface area contributed by atoms with Crippen LogP contribution in [0.3, 0.4) is 0 Å². The Kier molecular flexibility index (Phi) is 3.47. The van der Waals surface area contributed by atoms with Crippen LogP contribution in [0.5, 0.6) is 0 Å². The highest BCUT2D eigenvalue weighted by molar-refractivity contribution is 5.90. The average Bonchev–Trinajstić information content (AvgIpc) is 2.93. The molecule has 0 spiro atoms. The van der Waals surface area contributed by atoms with Crippen LogP contribution in [0.25, 0.3) is 0 Å². The summed E-state index contributed by atoms with van der Waals surface area (Å²) in [5, 5.41) is 0. The van der Waals surface area contributed by atoms with E-state index in [1.165, 1.54) is 0 Å². The van der Waals surface area contributed by atoms with Crippen LogP contribution in [0.1, 0.15) is 23.7 Å². The second-order valence-electron chi connectivity index (χ2n) is 4.59. The molecule has 0 aliphatic rings. The molecule has 2 nitrogen and oxygen atoms in total. The molecule has 2 rings (SSSR count). The first kappa shape index (κ1) is 12.4. The number of rotatable bonds is 4. The Morgan fingerprint density at radius 3 is 2.39 bits per heavy atom. The fourth-order valence-corrected chi connectivity index (χ4v) is 2.18. The third kappa shape index (κ3) is 2.14. The minimum absolute atomic E-state index is 0.0681. The Balaban J connectivity index is 2.44. The Bertz CT molecular complexity index is 527. The van der Waals surface area contributed by atoms with Crippen LogP contribution in [0, 0.1) is 0 Å². The SMILES string of the molecule is C=CCC(C)(C(=O)n1cccc1)c1ccccc1. The maximum absolute atomic E-state index is 12.6. The van der Waals surface area contributed by atoms with Crippen molar-refractivity contribution in [3.63, 3.8) is 0 Å². The van der Waals surface area contributed by atoms with E-state index in [2.05, 4.69) is 6.58 Å². The van der Waals surface area contributed by atoms with Gasteiger partial charge in [0.25, 0.3) is 0 Å². The van der Waals surface area contributed by atoms with Crippen LogP contribution in [-0.2, 0) is 5.41 Å². The maximum atomic E-state index is 12.6. The Hall–Kier alpha value is -2.09. The molecular formula is C16H17NO. The fraction of sp³-hybridized carbons (Fsp3) is 0.188. The summed E-state index contributed by atoms with van der Waals surface area (Å²) in [6, 6.07) is 13.6. The first-order valence-corrected chi connectivity index (χ1v) is 6.02. The van der Waals surface area contributed by atoms with Crippen molar-refractivity contribution in [2.24, 2.45) is 0 Å². The largest absolute Gasteiger partial charge is 0.294 e. The summed E-state index contributed by atoms with van der Waals surface area (Å²) in [5.74, 6) is 0.0681.